The van der Waals surface area contributed by atoms with Crippen LogP contribution < -0.4 is 5.32 Å². The fourth-order valence-corrected chi connectivity index (χ4v) is 1.21. The van der Waals surface area contributed by atoms with Crippen LogP contribution in [0.15, 0.2) is 30.3 Å². The molecule has 0 saturated carbocycles. The molecule has 0 aromatic heterocycles. The highest BCUT2D eigenvalue weighted by Crippen LogP contribution is 2.01. The maximum Gasteiger partial charge on any atom is 0.408 e. The number of carbonyl (C=O) groups excluding carboxylic acids is 2. The third-order valence-corrected chi connectivity index (χ3v) is 2.14. The Balaban J connectivity index is 2.39. The van der Waals surface area contributed by atoms with Crippen LogP contribution in [0.5, 0.6) is 0 Å². The fraction of sp³-hybridized carbons (Fsp3) is 0.333. The predicted octanol–water partition coefficient (Wildman–Crippen LogP) is 1.42. The van der Waals surface area contributed by atoms with Crippen LogP contribution in [-0.2, 0) is 20.9 Å². The molecule has 18 heavy (non-hydrogen) atoms. The normalized spacial score (nSPS) is 11.4. The van der Waals surface area contributed by atoms with Crippen LogP contribution in [0.3, 0.4) is 0 Å². The molecule has 0 aliphatic rings. The molecule has 5 nitrogen and oxygen atoms in total. The summed E-state index contributed by atoms with van der Waals surface area (Å²) in [6, 6.07) is 7.66. The molecule has 0 bridgehead atoms. The van der Waals surface area contributed by atoms with E-state index < -0.39 is 24.8 Å². The number of alkyl carbamates (subject to hydrolysis) is 1. The first-order valence-electron chi connectivity index (χ1n) is 5.28. The number of methoxy groups -OCH3 is 1. The van der Waals surface area contributed by atoms with Crippen molar-refractivity contribution in [3.05, 3.63) is 35.9 Å². The number of halogens is 1. The van der Waals surface area contributed by atoms with Crippen molar-refractivity contribution < 1.29 is 23.5 Å². The molecule has 0 fully saturated rings. The molecule has 0 radical (unpaired) electrons. The van der Waals surface area contributed by atoms with Gasteiger partial charge in [0.05, 0.1) is 7.11 Å². The van der Waals surface area contributed by atoms with E-state index in [-0.39, 0.29) is 6.61 Å². The first kappa shape index (κ1) is 14.0. The summed E-state index contributed by atoms with van der Waals surface area (Å²) < 4.78 is 21.6. The molecule has 6 heteroatoms. The fourth-order valence-electron chi connectivity index (χ4n) is 1.21. The van der Waals surface area contributed by atoms with E-state index in [2.05, 4.69) is 10.1 Å². The summed E-state index contributed by atoms with van der Waals surface area (Å²) in [5, 5.41) is 2.08. The van der Waals surface area contributed by atoms with Crippen molar-refractivity contribution in [1.29, 1.82) is 0 Å². The number of hydrogen-bond donors (Lipinski definition) is 1. The SMILES string of the molecule is COC(=O)C(CF)NC(=O)OCc1ccccc1. The van der Waals surface area contributed by atoms with Gasteiger partial charge in [0.2, 0.25) is 0 Å². The van der Waals surface area contributed by atoms with Crippen LogP contribution >= 0.6 is 0 Å². The Morgan fingerprint density at radius 3 is 2.56 bits per heavy atom. The van der Waals surface area contributed by atoms with Gasteiger partial charge in [-0.1, -0.05) is 30.3 Å². The minimum Gasteiger partial charge on any atom is -0.467 e. The van der Waals surface area contributed by atoms with Crippen molar-refractivity contribution in [1.82, 2.24) is 5.32 Å². The molecule has 0 saturated heterocycles. The van der Waals surface area contributed by atoms with E-state index in [1.165, 1.54) is 0 Å². The minimum atomic E-state index is -1.33. The third-order valence-electron chi connectivity index (χ3n) is 2.14. The van der Waals surface area contributed by atoms with Gasteiger partial charge in [-0.25, -0.2) is 14.0 Å². The quantitative estimate of drug-likeness (QED) is 0.808. The first-order valence-corrected chi connectivity index (χ1v) is 5.28. The largest absolute Gasteiger partial charge is 0.467 e. The number of alkyl halides is 1. The average molecular weight is 255 g/mol. The van der Waals surface area contributed by atoms with Crippen molar-refractivity contribution >= 4 is 12.1 Å². The van der Waals surface area contributed by atoms with Crippen LogP contribution in [0, 0.1) is 0 Å². The van der Waals surface area contributed by atoms with Gasteiger partial charge in [-0.3, -0.25) is 0 Å². The standard InChI is InChI=1S/C12H14FNO4/c1-17-11(15)10(7-13)14-12(16)18-8-9-5-3-2-4-6-9/h2-6,10H,7-8H2,1H3,(H,14,16). The van der Waals surface area contributed by atoms with Crippen LogP contribution in [0.25, 0.3) is 0 Å². The Hall–Kier alpha value is -2.11. The molecule has 1 atom stereocenters. The first-order chi connectivity index (χ1) is 8.67. The van der Waals surface area contributed by atoms with E-state index in [9.17, 15) is 14.0 Å². The van der Waals surface area contributed by atoms with E-state index in [0.717, 1.165) is 12.7 Å². The molecule has 0 heterocycles. The van der Waals surface area contributed by atoms with Gasteiger partial charge in [-0.15, -0.1) is 0 Å². The second kappa shape index (κ2) is 7.26. The van der Waals surface area contributed by atoms with Gasteiger partial charge in [0.1, 0.15) is 13.3 Å². The van der Waals surface area contributed by atoms with Crippen LogP contribution in [-0.4, -0.2) is 31.9 Å². The zero-order chi connectivity index (χ0) is 13.4. The molecule has 1 rings (SSSR count). The van der Waals surface area contributed by atoms with Crippen molar-refractivity contribution in [2.75, 3.05) is 13.8 Å². The zero-order valence-corrected chi connectivity index (χ0v) is 9.89. The van der Waals surface area contributed by atoms with Gasteiger partial charge in [0.25, 0.3) is 0 Å². The Morgan fingerprint density at radius 2 is 2.00 bits per heavy atom. The highest BCUT2D eigenvalue weighted by atomic mass is 19.1. The average Bonchev–Trinajstić information content (AvgIpc) is 2.42. The number of carbonyl (C=O) groups is 2. The van der Waals surface area contributed by atoms with Gasteiger partial charge in [-0.2, -0.15) is 0 Å². The summed E-state index contributed by atoms with van der Waals surface area (Å²) in [5.41, 5.74) is 0.794. The maximum atomic E-state index is 12.4. The molecular formula is C12H14FNO4. The molecule has 0 aliphatic heterocycles. The topological polar surface area (TPSA) is 64.6 Å². The second-order valence-corrected chi connectivity index (χ2v) is 3.44. The van der Waals surface area contributed by atoms with E-state index in [0.29, 0.717) is 0 Å². The number of nitrogens with one attached hydrogen (secondary N) is 1. The lowest BCUT2D eigenvalue weighted by atomic mass is 10.2. The Morgan fingerprint density at radius 1 is 1.33 bits per heavy atom. The van der Waals surface area contributed by atoms with Crippen molar-refractivity contribution in [3.8, 4) is 0 Å². The van der Waals surface area contributed by atoms with Crippen LogP contribution in [0.4, 0.5) is 9.18 Å². The summed E-state index contributed by atoms with van der Waals surface area (Å²) >= 11 is 0. The third kappa shape index (κ3) is 4.40. The summed E-state index contributed by atoms with van der Waals surface area (Å²) in [7, 11) is 1.11. The Kier molecular flexibility index (Phi) is 5.63. The Labute approximate surface area is 104 Å². The van der Waals surface area contributed by atoms with Gasteiger partial charge < -0.3 is 14.8 Å². The van der Waals surface area contributed by atoms with Crippen molar-refractivity contribution in [2.45, 2.75) is 12.6 Å². The number of hydrogen-bond acceptors (Lipinski definition) is 4. The van der Waals surface area contributed by atoms with Gasteiger partial charge >= 0.3 is 12.1 Å². The highest BCUT2D eigenvalue weighted by molar-refractivity contribution is 5.81. The number of rotatable bonds is 5. The lowest BCUT2D eigenvalue weighted by molar-refractivity contribution is -0.143. The number of esters is 1. The summed E-state index contributed by atoms with van der Waals surface area (Å²) in [6.07, 6.45) is -0.869. The van der Waals surface area contributed by atoms with Gasteiger partial charge in [-0.05, 0) is 5.56 Å². The lowest BCUT2D eigenvalue weighted by Crippen LogP contribution is -2.43. The monoisotopic (exact) mass is 255 g/mol. The molecule has 1 aromatic carbocycles. The van der Waals surface area contributed by atoms with Crippen LogP contribution in [0.2, 0.25) is 0 Å². The van der Waals surface area contributed by atoms with Crippen LogP contribution in [0.1, 0.15) is 5.56 Å². The molecule has 0 aliphatic carbocycles. The molecule has 98 valence electrons. The smallest absolute Gasteiger partial charge is 0.408 e. The number of amides is 1. The molecule has 1 unspecified atom stereocenters. The van der Waals surface area contributed by atoms with E-state index >= 15 is 0 Å². The highest BCUT2D eigenvalue weighted by Gasteiger charge is 2.21. The zero-order valence-electron chi connectivity index (χ0n) is 9.89. The van der Waals surface area contributed by atoms with Gasteiger partial charge in [0, 0.05) is 0 Å². The summed E-state index contributed by atoms with van der Waals surface area (Å²) in [4.78, 5) is 22.3. The Bertz CT molecular complexity index is 396. The van der Waals surface area contributed by atoms with Crippen molar-refractivity contribution in [2.24, 2.45) is 0 Å². The lowest BCUT2D eigenvalue weighted by Gasteiger charge is -2.13. The van der Waals surface area contributed by atoms with Crippen molar-refractivity contribution in [3.63, 3.8) is 0 Å². The second-order valence-electron chi connectivity index (χ2n) is 3.44. The molecular weight excluding hydrogens is 241 g/mol. The summed E-state index contributed by atoms with van der Waals surface area (Å²) in [5.74, 6) is -0.853. The number of benzene rings is 1. The minimum absolute atomic E-state index is 0.0485. The predicted molar refractivity (Wildman–Crippen MR) is 61.5 cm³/mol. The van der Waals surface area contributed by atoms with Gasteiger partial charge in [0.15, 0.2) is 6.04 Å². The molecule has 0 spiro atoms. The summed E-state index contributed by atoms with van der Waals surface area (Å²) in [6.45, 7) is -1.00. The maximum absolute atomic E-state index is 12.4. The van der Waals surface area contributed by atoms with E-state index in [1.54, 1.807) is 24.3 Å². The molecule has 1 aromatic rings. The molecule has 1 N–H and O–H groups in total. The molecule has 1 amide bonds. The van der Waals surface area contributed by atoms with E-state index in [1.807, 2.05) is 6.07 Å². The number of ether oxygens (including phenoxy) is 2. The van der Waals surface area contributed by atoms with E-state index in [4.69, 9.17) is 4.74 Å².